The Morgan fingerprint density at radius 1 is 1.14 bits per heavy atom. The fourth-order valence-corrected chi connectivity index (χ4v) is 4.87. The molecule has 1 amide bonds. The molecule has 6 nitrogen and oxygen atoms in total. The molecule has 3 aromatic rings. The predicted molar refractivity (Wildman–Crippen MR) is 118 cm³/mol. The quantitative estimate of drug-likeness (QED) is 0.563. The van der Waals surface area contributed by atoms with Gasteiger partial charge < -0.3 is 20.5 Å². The van der Waals surface area contributed by atoms with Gasteiger partial charge in [0.25, 0.3) is 5.91 Å². The molecule has 0 aliphatic heterocycles. The van der Waals surface area contributed by atoms with E-state index >= 15 is 0 Å². The third-order valence-electron chi connectivity index (χ3n) is 5.18. The molecule has 152 valence electrons. The summed E-state index contributed by atoms with van der Waals surface area (Å²) in [5.41, 5.74) is 9.63. The number of fused-ring (bicyclic) bond motifs is 2. The molecule has 2 heterocycles. The van der Waals surface area contributed by atoms with Crippen molar-refractivity contribution in [3.05, 3.63) is 39.4 Å². The number of thiophene rings is 1. The first kappa shape index (κ1) is 19.8. The van der Waals surface area contributed by atoms with Crippen LogP contribution >= 0.6 is 22.9 Å². The highest BCUT2D eigenvalue weighted by atomic mass is 35.5. The molecular weight excluding hydrogens is 410 g/mol. The van der Waals surface area contributed by atoms with Crippen molar-refractivity contribution in [2.45, 2.75) is 32.1 Å². The number of halogens is 1. The van der Waals surface area contributed by atoms with Gasteiger partial charge in [-0.05, 0) is 43.4 Å². The minimum Gasteiger partial charge on any atom is -0.495 e. The first-order valence-electron chi connectivity index (χ1n) is 9.45. The van der Waals surface area contributed by atoms with Crippen molar-refractivity contribution in [3.8, 4) is 11.5 Å². The van der Waals surface area contributed by atoms with Crippen LogP contribution in [-0.4, -0.2) is 25.1 Å². The number of aromatic nitrogens is 1. The van der Waals surface area contributed by atoms with Gasteiger partial charge in [-0.3, -0.25) is 4.79 Å². The Hall–Kier alpha value is -2.51. The topological polar surface area (TPSA) is 86.5 Å². The predicted octanol–water partition coefficient (Wildman–Crippen LogP) is 5.07. The zero-order chi connectivity index (χ0) is 20.5. The number of pyridine rings is 1. The maximum absolute atomic E-state index is 13.0. The van der Waals surface area contributed by atoms with E-state index in [2.05, 4.69) is 11.4 Å². The third kappa shape index (κ3) is 3.72. The van der Waals surface area contributed by atoms with Gasteiger partial charge in [0.05, 0.1) is 30.6 Å². The Kier molecular flexibility index (Phi) is 5.52. The van der Waals surface area contributed by atoms with E-state index in [0.29, 0.717) is 32.8 Å². The van der Waals surface area contributed by atoms with Crippen molar-refractivity contribution in [2.75, 3.05) is 25.3 Å². The molecule has 2 aromatic heterocycles. The fourth-order valence-electron chi connectivity index (χ4n) is 3.64. The molecule has 1 aromatic carbocycles. The number of nitrogens with zero attached hydrogens (tertiary/aromatic N) is 1. The van der Waals surface area contributed by atoms with Crippen LogP contribution in [0.15, 0.2) is 18.2 Å². The highest BCUT2D eigenvalue weighted by Crippen LogP contribution is 2.38. The maximum atomic E-state index is 13.0. The number of carbonyl (C=O) groups excluding carboxylic acids is 1. The summed E-state index contributed by atoms with van der Waals surface area (Å²) >= 11 is 7.52. The average Bonchev–Trinajstić information content (AvgIpc) is 2.88. The van der Waals surface area contributed by atoms with Gasteiger partial charge in [-0.2, -0.15) is 0 Å². The lowest BCUT2D eigenvalue weighted by molar-refractivity contribution is 0.103. The minimum atomic E-state index is -0.319. The van der Waals surface area contributed by atoms with Crippen LogP contribution in [0.1, 0.15) is 40.2 Å². The van der Waals surface area contributed by atoms with E-state index in [0.717, 1.165) is 41.6 Å². The van der Waals surface area contributed by atoms with Gasteiger partial charge >= 0.3 is 0 Å². The molecule has 1 aliphatic carbocycles. The standard InChI is InChI=1S/C21H22ClN3O3S/c1-27-16-10-17(28-2)15(9-13(16)22)24-20(26)19-18(23)12-8-11-6-4-3-5-7-14(11)25-21(12)29-19/h8-10H,3-7,23H2,1-2H3,(H,24,26). The van der Waals surface area contributed by atoms with E-state index in [-0.39, 0.29) is 5.91 Å². The molecule has 0 bridgehead atoms. The van der Waals surface area contributed by atoms with Crippen LogP contribution in [0, 0.1) is 0 Å². The van der Waals surface area contributed by atoms with Crippen molar-refractivity contribution in [1.82, 2.24) is 4.98 Å². The normalized spacial score (nSPS) is 13.6. The summed E-state index contributed by atoms with van der Waals surface area (Å²) in [5, 5.41) is 4.07. The Morgan fingerprint density at radius 2 is 1.90 bits per heavy atom. The summed E-state index contributed by atoms with van der Waals surface area (Å²) in [5.74, 6) is 0.595. The SMILES string of the molecule is COc1cc(OC)c(NC(=O)c2sc3nc4c(cc3c2N)CCCCC4)cc1Cl. The second kappa shape index (κ2) is 8.08. The van der Waals surface area contributed by atoms with Crippen molar-refractivity contribution < 1.29 is 14.3 Å². The van der Waals surface area contributed by atoms with Gasteiger partial charge in [-0.15, -0.1) is 11.3 Å². The van der Waals surface area contributed by atoms with Crippen LogP contribution in [-0.2, 0) is 12.8 Å². The molecule has 0 saturated carbocycles. The fraction of sp³-hybridized carbons (Fsp3) is 0.333. The number of ether oxygens (including phenoxy) is 2. The number of nitrogens with one attached hydrogen (secondary N) is 1. The lowest BCUT2D eigenvalue weighted by Crippen LogP contribution is -2.13. The average molecular weight is 432 g/mol. The molecule has 0 saturated heterocycles. The Bertz CT molecular complexity index is 1100. The van der Waals surface area contributed by atoms with Gasteiger partial charge in [0.15, 0.2) is 0 Å². The summed E-state index contributed by atoms with van der Waals surface area (Å²) in [7, 11) is 3.04. The van der Waals surface area contributed by atoms with E-state index in [1.54, 1.807) is 12.1 Å². The van der Waals surface area contributed by atoms with Gasteiger partial charge in [0.1, 0.15) is 21.2 Å². The zero-order valence-corrected chi connectivity index (χ0v) is 17.9. The number of methoxy groups -OCH3 is 2. The molecule has 0 unspecified atom stereocenters. The van der Waals surface area contributed by atoms with Crippen LogP contribution in [0.25, 0.3) is 10.2 Å². The van der Waals surface area contributed by atoms with Crippen LogP contribution in [0.3, 0.4) is 0 Å². The highest BCUT2D eigenvalue weighted by molar-refractivity contribution is 7.21. The highest BCUT2D eigenvalue weighted by Gasteiger charge is 2.21. The van der Waals surface area contributed by atoms with E-state index < -0.39 is 0 Å². The van der Waals surface area contributed by atoms with Crippen LogP contribution in [0.5, 0.6) is 11.5 Å². The van der Waals surface area contributed by atoms with E-state index in [1.165, 1.54) is 37.5 Å². The van der Waals surface area contributed by atoms with Crippen LogP contribution in [0.4, 0.5) is 11.4 Å². The molecule has 29 heavy (non-hydrogen) atoms. The summed E-state index contributed by atoms with van der Waals surface area (Å²) < 4.78 is 10.6. The molecule has 0 spiro atoms. The Morgan fingerprint density at radius 3 is 2.66 bits per heavy atom. The van der Waals surface area contributed by atoms with E-state index in [4.69, 9.17) is 31.8 Å². The number of carbonyl (C=O) groups is 1. The van der Waals surface area contributed by atoms with Gasteiger partial charge in [0.2, 0.25) is 0 Å². The minimum absolute atomic E-state index is 0.319. The number of hydrogen-bond donors (Lipinski definition) is 2. The van der Waals surface area contributed by atoms with Crippen molar-refractivity contribution >= 4 is 50.4 Å². The third-order valence-corrected chi connectivity index (χ3v) is 6.59. The summed E-state index contributed by atoms with van der Waals surface area (Å²) in [6.07, 6.45) is 5.52. The number of amides is 1. The molecule has 3 N–H and O–H groups in total. The summed E-state index contributed by atoms with van der Waals surface area (Å²) in [6.45, 7) is 0. The van der Waals surface area contributed by atoms with Gasteiger partial charge in [-0.1, -0.05) is 18.0 Å². The van der Waals surface area contributed by atoms with Crippen molar-refractivity contribution in [1.29, 1.82) is 0 Å². The molecule has 4 rings (SSSR count). The largest absolute Gasteiger partial charge is 0.495 e. The Labute approximate surface area is 178 Å². The molecule has 0 radical (unpaired) electrons. The zero-order valence-electron chi connectivity index (χ0n) is 16.3. The molecule has 0 atom stereocenters. The molecular formula is C21H22ClN3O3S. The lowest BCUT2D eigenvalue weighted by Gasteiger charge is -2.12. The number of anilines is 2. The van der Waals surface area contributed by atoms with Crippen molar-refractivity contribution in [3.63, 3.8) is 0 Å². The monoisotopic (exact) mass is 431 g/mol. The van der Waals surface area contributed by atoms with E-state index in [1.807, 2.05) is 0 Å². The number of aryl methyl sites for hydroxylation is 2. The Balaban J connectivity index is 1.69. The molecule has 1 aliphatic rings. The summed E-state index contributed by atoms with van der Waals surface area (Å²) in [4.78, 5) is 19.0. The van der Waals surface area contributed by atoms with Crippen LogP contribution < -0.4 is 20.5 Å². The number of nitrogens with two attached hydrogens (primary N) is 1. The van der Waals surface area contributed by atoms with E-state index in [9.17, 15) is 4.79 Å². The van der Waals surface area contributed by atoms with Crippen LogP contribution in [0.2, 0.25) is 5.02 Å². The first-order valence-corrected chi connectivity index (χ1v) is 10.6. The van der Waals surface area contributed by atoms with Gasteiger partial charge in [-0.25, -0.2) is 4.98 Å². The number of hydrogen-bond acceptors (Lipinski definition) is 6. The lowest BCUT2D eigenvalue weighted by atomic mass is 10.1. The second-order valence-electron chi connectivity index (χ2n) is 6.99. The van der Waals surface area contributed by atoms with Gasteiger partial charge in [0, 0.05) is 17.1 Å². The summed E-state index contributed by atoms with van der Waals surface area (Å²) in [6, 6.07) is 5.34. The number of rotatable bonds is 4. The molecule has 8 heteroatoms. The maximum Gasteiger partial charge on any atom is 0.268 e. The number of benzene rings is 1. The molecule has 0 fully saturated rings. The van der Waals surface area contributed by atoms with Crippen molar-refractivity contribution in [2.24, 2.45) is 0 Å². The number of nitrogen functional groups attached to an aromatic ring is 1. The second-order valence-corrected chi connectivity index (χ2v) is 8.40. The first-order chi connectivity index (χ1) is 14.0. The smallest absolute Gasteiger partial charge is 0.268 e.